The van der Waals surface area contributed by atoms with E-state index in [-0.39, 0.29) is 11.2 Å². The van der Waals surface area contributed by atoms with Crippen LogP contribution in [0, 0.1) is 5.41 Å². The molecule has 2 rings (SSSR count). The molecule has 5 nitrogen and oxygen atoms in total. The summed E-state index contributed by atoms with van der Waals surface area (Å²) in [6, 6.07) is 0.480. The SMILES string of the molecule is CC(C)(C)Cc1nnc(SCC(=O)O)n1C1CC1. The van der Waals surface area contributed by atoms with Gasteiger partial charge in [-0.15, -0.1) is 10.2 Å². The van der Waals surface area contributed by atoms with Crippen molar-refractivity contribution in [1.82, 2.24) is 14.8 Å². The largest absolute Gasteiger partial charge is 0.481 e. The first-order chi connectivity index (χ1) is 8.37. The number of rotatable bonds is 5. The van der Waals surface area contributed by atoms with Crippen LogP contribution < -0.4 is 0 Å². The van der Waals surface area contributed by atoms with E-state index in [1.807, 2.05) is 0 Å². The minimum Gasteiger partial charge on any atom is -0.481 e. The summed E-state index contributed by atoms with van der Waals surface area (Å²) in [4.78, 5) is 10.6. The lowest BCUT2D eigenvalue weighted by Crippen LogP contribution is -2.14. The second-order valence-corrected chi connectivity index (χ2v) is 6.86. The number of carboxylic acids is 1. The molecule has 100 valence electrons. The molecular formula is C12H19N3O2S. The van der Waals surface area contributed by atoms with Gasteiger partial charge >= 0.3 is 5.97 Å². The van der Waals surface area contributed by atoms with E-state index < -0.39 is 5.97 Å². The van der Waals surface area contributed by atoms with Crippen LogP contribution in [0.1, 0.15) is 45.5 Å². The summed E-state index contributed by atoms with van der Waals surface area (Å²) >= 11 is 1.26. The Balaban J connectivity index is 2.17. The van der Waals surface area contributed by atoms with Crippen molar-refractivity contribution in [3.8, 4) is 0 Å². The monoisotopic (exact) mass is 269 g/mol. The summed E-state index contributed by atoms with van der Waals surface area (Å²) in [5, 5.41) is 17.9. The van der Waals surface area contributed by atoms with Gasteiger partial charge in [-0.3, -0.25) is 4.79 Å². The third-order valence-electron chi connectivity index (χ3n) is 2.66. The Morgan fingerprint density at radius 2 is 2.11 bits per heavy atom. The van der Waals surface area contributed by atoms with Crippen molar-refractivity contribution in [3.63, 3.8) is 0 Å². The maximum absolute atomic E-state index is 10.6. The van der Waals surface area contributed by atoms with E-state index in [0.29, 0.717) is 6.04 Å². The highest BCUT2D eigenvalue weighted by atomic mass is 32.2. The highest BCUT2D eigenvalue weighted by molar-refractivity contribution is 7.99. The lowest BCUT2D eigenvalue weighted by Gasteiger charge is -2.18. The van der Waals surface area contributed by atoms with Crippen LogP contribution in [-0.4, -0.2) is 31.6 Å². The molecule has 0 unspecified atom stereocenters. The van der Waals surface area contributed by atoms with Crippen molar-refractivity contribution >= 4 is 17.7 Å². The summed E-state index contributed by atoms with van der Waals surface area (Å²) in [6.07, 6.45) is 3.16. The molecule has 0 saturated heterocycles. The molecule has 1 N–H and O–H groups in total. The Kier molecular flexibility index (Phi) is 3.66. The minimum atomic E-state index is -0.817. The molecule has 18 heavy (non-hydrogen) atoms. The number of hydrogen-bond donors (Lipinski definition) is 1. The molecule has 1 heterocycles. The molecule has 1 saturated carbocycles. The molecule has 0 aromatic carbocycles. The van der Waals surface area contributed by atoms with Crippen LogP contribution in [-0.2, 0) is 11.2 Å². The number of carbonyl (C=O) groups is 1. The number of carboxylic acid groups (broad SMARTS) is 1. The molecule has 1 aromatic rings. The van der Waals surface area contributed by atoms with Gasteiger partial charge in [0.05, 0.1) is 5.75 Å². The Morgan fingerprint density at radius 1 is 1.44 bits per heavy atom. The summed E-state index contributed by atoms with van der Waals surface area (Å²) < 4.78 is 2.14. The van der Waals surface area contributed by atoms with Crippen molar-refractivity contribution in [2.45, 2.75) is 51.2 Å². The van der Waals surface area contributed by atoms with Crippen LogP contribution in [0.25, 0.3) is 0 Å². The number of thioether (sulfide) groups is 1. The van der Waals surface area contributed by atoms with Crippen molar-refractivity contribution < 1.29 is 9.90 Å². The molecule has 1 aliphatic rings. The van der Waals surface area contributed by atoms with Crippen molar-refractivity contribution in [2.75, 3.05) is 5.75 Å². The van der Waals surface area contributed by atoms with Crippen molar-refractivity contribution in [1.29, 1.82) is 0 Å². The molecule has 0 bridgehead atoms. The van der Waals surface area contributed by atoms with Gasteiger partial charge in [0, 0.05) is 12.5 Å². The smallest absolute Gasteiger partial charge is 0.313 e. The zero-order valence-corrected chi connectivity index (χ0v) is 11.8. The van der Waals surface area contributed by atoms with Gasteiger partial charge < -0.3 is 9.67 Å². The van der Waals surface area contributed by atoms with E-state index in [1.165, 1.54) is 11.8 Å². The van der Waals surface area contributed by atoms with E-state index in [9.17, 15) is 4.79 Å². The molecule has 1 fully saturated rings. The number of hydrogen-bond acceptors (Lipinski definition) is 4. The average molecular weight is 269 g/mol. The van der Waals surface area contributed by atoms with Crippen LogP contribution in [0.3, 0.4) is 0 Å². The number of aliphatic carboxylic acids is 1. The Labute approximate surface area is 111 Å². The summed E-state index contributed by atoms with van der Waals surface area (Å²) in [7, 11) is 0. The van der Waals surface area contributed by atoms with Crippen molar-refractivity contribution in [2.24, 2.45) is 5.41 Å². The lowest BCUT2D eigenvalue weighted by molar-refractivity contribution is -0.133. The maximum Gasteiger partial charge on any atom is 0.313 e. The van der Waals surface area contributed by atoms with Crippen LogP contribution in [0.2, 0.25) is 0 Å². The van der Waals surface area contributed by atoms with Crippen LogP contribution in [0.5, 0.6) is 0 Å². The second kappa shape index (κ2) is 4.91. The summed E-state index contributed by atoms with van der Waals surface area (Å²) in [5.41, 5.74) is 0.161. The van der Waals surface area contributed by atoms with E-state index in [2.05, 4.69) is 35.5 Å². The predicted molar refractivity (Wildman–Crippen MR) is 69.8 cm³/mol. The van der Waals surface area contributed by atoms with Gasteiger partial charge in [-0.25, -0.2) is 0 Å². The van der Waals surface area contributed by atoms with Crippen LogP contribution in [0.15, 0.2) is 5.16 Å². The zero-order chi connectivity index (χ0) is 13.3. The second-order valence-electron chi connectivity index (χ2n) is 5.92. The molecule has 0 amide bonds. The molecule has 0 spiro atoms. The number of aromatic nitrogens is 3. The van der Waals surface area contributed by atoms with Gasteiger partial charge in [-0.1, -0.05) is 32.5 Å². The Hall–Kier alpha value is -1.04. The first-order valence-electron chi connectivity index (χ1n) is 6.15. The molecule has 1 aliphatic carbocycles. The van der Waals surface area contributed by atoms with Gasteiger partial charge in [0.25, 0.3) is 0 Å². The van der Waals surface area contributed by atoms with Gasteiger partial charge in [-0.2, -0.15) is 0 Å². The first kappa shape index (κ1) is 13.4. The van der Waals surface area contributed by atoms with Gasteiger partial charge in [0.15, 0.2) is 5.16 Å². The minimum absolute atomic E-state index is 0.0420. The third kappa shape index (κ3) is 3.48. The Bertz CT molecular complexity index is 447. The number of nitrogens with zero attached hydrogens (tertiary/aromatic N) is 3. The van der Waals surface area contributed by atoms with Crippen LogP contribution >= 0.6 is 11.8 Å². The van der Waals surface area contributed by atoms with Gasteiger partial charge in [0.1, 0.15) is 5.82 Å². The Morgan fingerprint density at radius 3 is 2.61 bits per heavy atom. The fourth-order valence-corrected chi connectivity index (χ4v) is 2.57. The zero-order valence-electron chi connectivity index (χ0n) is 11.0. The topological polar surface area (TPSA) is 68.0 Å². The average Bonchev–Trinajstić information content (AvgIpc) is 2.97. The fraction of sp³-hybridized carbons (Fsp3) is 0.750. The predicted octanol–water partition coefficient (Wildman–Crippen LogP) is 2.38. The maximum atomic E-state index is 10.6. The normalized spacial score (nSPS) is 15.9. The quantitative estimate of drug-likeness (QED) is 0.831. The standard InChI is InChI=1S/C12H19N3O2S/c1-12(2,3)6-9-13-14-11(18-7-10(16)17)15(9)8-4-5-8/h8H,4-7H2,1-3H3,(H,16,17). The first-order valence-corrected chi connectivity index (χ1v) is 7.14. The van der Waals surface area contributed by atoms with E-state index in [0.717, 1.165) is 30.2 Å². The molecule has 1 aromatic heterocycles. The van der Waals surface area contributed by atoms with E-state index in [4.69, 9.17) is 5.11 Å². The van der Waals surface area contributed by atoms with E-state index >= 15 is 0 Å². The molecule has 6 heteroatoms. The van der Waals surface area contributed by atoms with Gasteiger partial charge in [-0.05, 0) is 18.3 Å². The molecule has 0 radical (unpaired) electrons. The molecule has 0 aliphatic heterocycles. The van der Waals surface area contributed by atoms with Crippen molar-refractivity contribution in [3.05, 3.63) is 5.82 Å². The highest BCUT2D eigenvalue weighted by Gasteiger charge is 2.31. The molecular weight excluding hydrogens is 250 g/mol. The summed E-state index contributed by atoms with van der Waals surface area (Å²) in [6.45, 7) is 6.51. The summed E-state index contributed by atoms with van der Waals surface area (Å²) in [5.74, 6) is 0.209. The lowest BCUT2D eigenvalue weighted by atomic mass is 9.92. The van der Waals surface area contributed by atoms with Gasteiger partial charge in [0.2, 0.25) is 0 Å². The molecule has 0 atom stereocenters. The highest BCUT2D eigenvalue weighted by Crippen LogP contribution is 2.39. The third-order valence-corrected chi connectivity index (χ3v) is 3.59. The van der Waals surface area contributed by atoms with E-state index in [1.54, 1.807) is 0 Å². The van der Waals surface area contributed by atoms with Crippen LogP contribution in [0.4, 0.5) is 0 Å². The fourth-order valence-electron chi connectivity index (χ4n) is 1.83.